The number of pyridine rings is 1. The highest BCUT2D eigenvalue weighted by Crippen LogP contribution is 2.38. The van der Waals surface area contributed by atoms with Gasteiger partial charge in [0.2, 0.25) is 0 Å². The maximum atomic E-state index is 12.8. The van der Waals surface area contributed by atoms with E-state index < -0.39 is 5.63 Å². The molecule has 4 aromatic rings. The van der Waals surface area contributed by atoms with Gasteiger partial charge in [0.1, 0.15) is 28.8 Å². The molecule has 0 saturated carbocycles. The second-order valence-corrected chi connectivity index (χ2v) is 9.05. The Morgan fingerprint density at radius 1 is 1.06 bits per heavy atom. The first-order chi connectivity index (χ1) is 15.9. The summed E-state index contributed by atoms with van der Waals surface area (Å²) in [4.78, 5) is 18.1. The van der Waals surface area contributed by atoms with Gasteiger partial charge in [-0.2, -0.15) is 0 Å². The fourth-order valence-corrected chi connectivity index (χ4v) is 4.54. The molecule has 1 N–H and O–H groups in total. The lowest BCUT2D eigenvalue weighted by molar-refractivity contribution is 0.299. The van der Waals surface area contributed by atoms with Crippen molar-refractivity contribution in [2.75, 3.05) is 0 Å². The lowest BCUT2D eigenvalue weighted by atomic mass is 10.0. The van der Waals surface area contributed by atoms with Gasteiger partial charge in [0.25, 0.3) is 0 Å². The van der Waals surface area contributed by atoms with E-state index in [1.807, 2.05) is 61.5 Å². The predicted octanol–water partition coefficient (Wildman–Crippen LogP) is 6.57. The van der Waals surface area contributed by atoms with Crippen LogP contribution in [0.1, 0.15) is 36.6 Å². The molecule has 0 aliphatic carbocycles. The molecule has 2 heterocycles. The first kappa shape index (κ1) is 22.7. The number of ether oxygens (including phenoxy) is 1. The summed E-state index contributed by atoms with van der Waals surface area (Å²) in [6.07, 6.45) is 1.73. The van der Waals surface area contributed by atoms with Crippen molar-refractivity contribution in [3.63, 3.8) is 0 Å². The van der Waals surface area contributed by atoms with Crippen LogP contribution in [0.25, 0.3) is 11.3 Å². The standard InChI is InChI=1S/C27H25NO4S/c1-17(2)21-9-4-5-10-25(21)33-26-22(29)15-24(32-27(26)30)19-11-12-23(18(3)14-19)31-16-20-8-6-7-13-28-20/h4-15,17,29H,16H2,1-3H3. The lowest BCUT2D eigenvalue weighted by Crippen LogP contribution is -2.04. The molecule has 33 heavy (non-hydrogen) atoms. The van der Waals surface area contributed by atoms with E-state index in [-0.39, 0.29) is 10.6 Å². The van der Waals surface area contributed by atoms with Crippen molar-refractivity contribution >= 4 is 11.8 Å². The third kappa shape index (κ3) is 5.29. The first-order valence-electron chi connectivity index (χ1n) is 10.7. The number of benzene rings is 2. The Hall–Kier alpha value is -3.51. The molecular weight excluding hydrogens is 434 g/mol. The number of aromatic hydroxyl groups is 1. The number of rotatable bonds is 7. The third-order valence-corrected chi connectivity index (χ3v) is 6.37. The molecule has 0 spiro atoms. The van der Waals surface area contributed by atoms with Gasteiger partial charge in [0.05, 0.1) is 5.69 Å². The minimum absolute atomic E-state index is 0.0991. The second kappa shape index (κ2) is 9.96. The van der Waals surface area contributed by atoms with Crippen LogP contribution in [0.2, 0.25) is 0 Å². The van der Waals surface area contributed by atoms with Crippen LogP contribution in [-0.2, 0) is 6.61 Å². The Kier molecular flexibility index (Phi) is 6.84. The minimum atomic E-state index is -0.568. The van der Waals surface area contributed by atoms with Gasteiger partial charge >= 0.3 is 5.63 Å². The van der Waals surface area contributed by atoms with Crippen molar-refractivity contribution < 1.29 is 14.3 Å². The van der Waals surface area contributed by atoms with Crippen LogP contribution in [0.5, 0.6) is 11.5 Å². The summed E-state index contributed by atoms with van der Waals surface area (Å²) in [5.74, 6) is 1.22. The highest BCUT2D eigenvalue weighted by Gasteiger charge is 2.17. The maximum Gasteiger partial charge on any atom is 0.354 e. The van der Waals surface area contributed by atoms with Gasteiger partial charge in [-0.05, 0) is 60.4 Å². The number of aryl methyl sites for hydroxylation is 1. The van der Waals surface area contributed by atoms with Crippen LogP contribution in [0, 0.1) is 6.92 Å². The topological polar surface area (TPSA) is 72.6 Å². The van der Waals surface area contributed by atoms with Crippen molar-refractivity contribution in [2.45, 2.75) is 43.1 Å². The Morgan fingerprint density at radius 3 is 2.55 bits per heavy atom. The summed E-state index contributed by atoms with van der Waals surface area (Å²) < 4.78 is 11.5. The van der Waals surface area contributed by atoms with E-state index in [0.29, 0.717) is 29.6 Å². The average Bonchev–Trinajstić information content (AvgIpc) is 2.81. The van der Waals surface area contributed by atoms with E-state index in [9.17, 15) is 9.90 Å². The zero-order valence-corrected chi connectivity index (χ0v) is 19.6. The van der Waals surface area contributed by atoms with Crippen molar-refractivity contribution in [3.05, 3.63) is 100 Å². The number of nitrogens with zero attached hydrogens (tertiary/aromatic N) is 1. The molecule has 5 nitrogen and oxygen atoms in total. The quantitative estimate of drug-likeness (QED) is 0.337. The summed E-state index contributed by atoms with van der Waals surface area (Å²) in [5, 5.41) is 10.6. The molecule has 0 radical (unpaired) electrons. The third-order valence-electron chi connectivity index (χ3n) is 5.20. The highest BCUT2D eigenvalue weighted by molar-refractivity contribution is 7.99. The van der Waals surface area contributed by atoms with Gasteiger partial charge in [0, 0.05) is 22.7 Å². The molecule has 2 aromatic carbocycles. The highest BCUT2D eigenvalue weighted by atomic mass is 32.2. The zero-order chi connectivity index (χ0) is 23.4. The summed E-state index contributed by atoms with van der Waals surface area (Å²) in [7, 11) is 0. The average molecular weight is 460 g/mol. The van der Waals surface area contributed by atoms with Gasteiger partial charge < -0.3 is 14.3 Å². The monoisotopic (exact) mass is 459 g/mol. The minimum Gasteiger partial charge on any atom is -0.506 e. The van der Waals surface area contributed by atoms with Gasteiger partial charge in [-0.25, -0.2) is 4.79 Å². The van der Waals surface area contributed by atoms with E-state index in [0.717, 1.165) is 21.7 Å². The van der Waals surface area contributed by atoms with E-state index in [2.05, 4.69) is 18.8 Å². The molecule has 6 heteroatoms. The Morgan fingerprint density at radius 2 is 1.85 bits per heavy atom. The first-order valence-corrected chi connectivity index (χ1v) is 11.5. The SMILES string of the molecule is Cc1cc(-c2cc(O)c(Sc3ccccc3C(C)C)c(=O)o2)ccc1OCc1ccccn1. The Balaban J connectivity index is 1.57. The second-order valence-electron chi connectivity index (χ2n) is 8.00. The molecule has 4 rings (SSSR count). The fourth-order valence-electron chi connectivity index (χ4n) is 3.47. The summed E-state index contributed by atoms with van der Waals surface area (Å²) in [6, 6.07) is 20.5. The van der Waals surface area contributed by atoms with Crippen LogP contribution >= 0.6 is 11.8 Å². The molecule has 2 aromatic heterocycles. The number of hydrogen-bond acceptors (Lipinski definition) is 6. The van der Waals surface area contributed by atoms with Crippen LogP contribution in [0.15, 0.2) is 91.9 Å². The number of hydrogen-bond donors (Lipinski definition) is 1. The maximum absolute atomic E-state index is 12.8. The van der Waals surface area contributed by atoms with Gasteiger partial charge in [-0.3, -0.25) is 4.98 Å². The van der Waals surface area contributed by atoms with Crippen molar-refractivity contribution in [1.82, 2.24) is 4.98 Å². The van der Waals surface area contributed by atoms with Crippen molar-refractivity contribution in [1.29, 1.82) is 0 Å². The molecule has 168 valence electrons. The van der Waals surface area contributed by atoms with E-state index >= 15 is 0 Å². The lowest BCUT2D eigenvalue weighted by Gasteiger charge is -2.13. The molecule has 0 fully saturated rings. The zero-order valence-electron chi connectivity index (χ0n) is 18.7. The van der Waals surface area contributed by atoms with Crippen molar-refractivity contribution in [3.8, 4) is 22.8 Å². The molecule has 0 unspecified atom stereocenters. The molecule has 0 atom stereocenters. The molecule has 0 aliphatic heterocycles. The van der Waals surface area contributed by atoms with E-state index in [4.69, 9.17) is 9.15 Å². The van der Waals surface area contributed by atoms with E-state index in [1.54, 1.807) is 12.3 Å². The molecule has 0 aliphatic rings. The van der Waals surface area contributed by atoms with Gasteiger partial charge in [0.15, 0.2) is 0 Å². The molecule has 0 saturated heterocycles. The van der Waals surface area contributed by atoms with Crippen LogP contribution in [0.4, 0.5) is 0 Å². The van der Waals surface area contributed by atoms with Crippen LogP contribution in [-0.4, -0.2) is 10.1 Å². The Bertz CT molecular complexity index is 1320. The molecular formula is C27H25NO4S. The smallest absolute Gasteiger partial charge is 0.354 e. The van der Waals surface area contributed by atoms with Crippen molar-refractivity contribution in [2.24, 2.45) is 0 Å². The normalized spacial score (nSPS) is 11.0. The fraction of sp³-hybridized carbons (Fsp3) is 0.185. The van der Waals surface area contributed by atoms with Gasteiger partial charge in [-0.15, -0.1) is 0 Å². The largest absolute Gasteiger partial charge is 0.506 e. The van der Waals surface area contributed by atoms with Crippen LogP contribution < -0.4 is 10.4 Å². The number of aromatic nitrogens is 1. The van der Waals surface area contributed by atoms with E-state index in [1.165, 1.54) is 17.8 Å². The summed E-state index contributed by atoms with van der Waals surface area (Å²) >= 11 is 1.23. The molecule has 0 amide bonds. The summed E-state index contributed by atoms with van der Waals surface area (Å²) in [6.45, 7) is 6.47. The van der Waals surface area contributed by atoms with Gasteiger partial charge in [-0.1, -0.05) is 49.9 Å². The predicted molar refractivity (Wildman–Crippen MR) is 130 cm³/mol. The Labute approximate surface area is 197 Å². The summed E-state index contributed by atoms with van der Waals surface area (Å²) in [5.41, 5.74) is 2.95. The molecule has 0 bridgehead atoms. The van der Waals surface area contributed by atoms with Crippen LogP contribution in [0.3, 0.4) is 0 Å².